The minimum atomic E-state index is 0.706. The Labute approximate surface area is 125 Å². The van der Waals surface area contributed by atoms with Gasteiger partial charge in [-0.25, -0.2) is 0 Å². The van der Waals surface area contributed by atoms with Gasteiger partial charge in [0.2, 0.25) is 0 Å². The van der Waals surface area contributed by atoms with Crippen LogP contribution in [-0.4, -0.2) is 43.7 Å². The first-order valence-corrected chi connectivity index (χ1v) is 8.97. The second kappa shape index (κ2) is 9.01. The van der Waals surface area contributed by atoms with Gasteiger partial charge in [-0.15, -0.1) is 0 Å². The number of hydrogen-bond acceptors (Lipinski definition) is 3. The molecule has 2 rings (SSSR count). The van der Waals surface area contributed by atoms with E-state index in [1.54, 1.807) is 0 Å². The number of unbranched alkanes of at least 4 members (excludes halogenated alkanes) is 1. The summed E-state index contributed by atoms with van der Waals surface area (Å²) in [5, 5.41) is 3.88. The molecule has 1 aliphatic heterocycles. The van der Waals surface area contributed by atoms with Gasteiger partial charge in [-0.3, -0.25) is 0 Å². The van der Waals surface area contributed by atoms with E-state index < -0.39 is 0 Å². The molecule has 1 saturated heterocycles. The maximum Gasteiger partial charge on any atom is 0.0198 e. The Morgan fingerprint density at radius 1 is 1.15 bits per heavy atom. The maximum absolute atomic E-state index is 5.76. The SMILES string of the molecule is CCCCC1CC(NCC2CCCC2)CN(CCN)C1. The molecule has 2 aliphatic rings. The van der Waals surface area contributed by atoms with Gasteiger partial charge in [-0.05, 0) is 44.1 Å². The molecule has 0 amide bonds. The topological polar surface area (TPSA) is 41.3 Å². The van der Waals surface area contributed by atoms with Crippen LogP contribution < -0.4 is 11.1 Å². The molecule has 2 unspecified atom stereocenters. The average molecular weight is 281 g/mol. The van der Waals surface area contributed by atoms with Crippen molar-refractivity contribution in [1.82, 2.24) is 10.2 Å². The Balaban J connectivity index is 1.76. The summed E-state index contributed by atoms with van der Waals surface area (Å²) in [6.45, 7) is 7.92. The first kappa shape index (κ1) is 16.3. The first-order valence-electron chi connectivity index (χ1n) is 8.97. The van der Waals surface area contributed by atoms with E-state index in [4.69, 9.17) is 5.73 Å². The maximum atomic E-state index is 5.76. The van der Waals surface area contributed by atoms with E-state index in [0.717, 1.165) is 24.9 Å². The van der Waals surface area contributed by atoms with Crippen molar-refractivity contribution < 1.29 is 0 Å². The van der Waals surface area contributed by atoms with Gasteiger partial charge < -0.3 is 16.0 Å². The van der Waals surface area contributed by atoms with Gasteiger partial charge in [-0.2, -0.15) is 0 Å². The van der Waals surface area contributed by atoms with Gasteiger partial charge in [0.25, 0.3) is 0 Å². The number of rotatable bonds is 8. The molecule has 0 aromatic rings. The van der Waals surface area contributed by atoms with E-state index in [9.17, 15) is 0 Å². The van der Waals surface area contributed by atoms with Crippen molar-refractivity contribution in [2.24, 2.45) is 17.6 Å². The van der Waals surface area contributed by atoms with Crippen LogP contribution in [-0.2, 0) is 0 Å². The van der Waals surface area contributed by atoms with Gasteiger partial charge in [0.05, 0.1) is 0 Å². The summed E-state index contributed by atoms with van der Waals surface area (Å²) in [5.74, 6) is 1.84. The van der Waals surface area contributed by atoms with Gasteiger partial charge in [-0.1, -0.05) is 32.6 Å². The zero-order valence-corrected chi connectivity index (χ0v) is 13.4. The minimum absolute atomic E-state index is 0.706. The molecule has 0 aromatic carbocycles. The Kier molecular flexibility index (Phi) is 7.32. The molecule has 3 N–H and O–H groups in total. The van der Waals surface area contributed by atoms with E-state index in [1.807, 2.05) is 0 Å². The molecule has 3 heteroatoms. The van der Waals surface area contributed by atoms with Gasteiger partial charge in [0.1, 0.15) is 0 Å². The van der Waals surface area contributed by atoms with Crippen molar-refractivity contribution in [3.8, 4) is 0 Å². The van der Waals surface area contributed by atoms with E-state index in [1.165, 1.54) is 71.0 Å². The number of nitrogens with one attached hydrogen (secondary N) is 1. The Hall–Kier alpha value is -0.120. The molecule has 118 valence electrons. The van der Waals surface area contributed by atoms with Crippen molar-refractivity contribution in [3.05, 3.63) is 0 Å². The molecule has 20 heavy (non-hydrogen) atoms. The molecule has 2 fully saturated rings. The lowest BCUT2D eigenvalue weighted by atomic mass is 9.89. The normalized spacial score (nSPS) is 29.1. The fourth-order valence-corrected chi connectivity index (χ4v) is 4.07. The quantitative estimate of drug-likeness (QED) is 0.718. The van der Waals surface area contributed by atoms with Crippen LogP contribution in [0.4, 0.5) is 0 Å². The van der Waals surface area contributed by atoms with Crippen LogP contribution in [0.3, 0.4) is 0 Å². The predicted molar refractivity (Wildman–Crippen MR) is 86.9 cm³/mol. The zero-order chi connectivity index (χ0) is 14.2. The van der Waals surface area contributed by atoms with Crippen molar-refractivity contribution in [2.45, 2.75) is 64.3 Å². The number of piperidine rings is 1. The molecule has 0 aromatic heterocycles. The number of hydrogen-bond donors (Lipinski definition) is 2. The van der Waals surface area contributed by atoms with Crippen molar-refractivity contribution in [2.75, 3.05) is 32.7 Å². The summed E-state index contributed by atoms with van der Waals surface area (Å²) in [4.78, 5) is 2.59. The lowest BCUT2D eigenvalue weighted by molar-refractivity contribution is 0.135. The molecule has 1 heterocycles. The third-order valence-corrected chi connectivity index (χ3v) is 5.19. The summed E-state index contributed by atoms with van der Waals surface area (Å²) in [5.41, 5.74) is 5.76. The summed E-state index contributed by atoms with van der Waals surface area (Å²) in [6, 6.07) is 0.706. The van der Waals surface area contributed by atoms with Crippen molar-refractivity contribution >= 4 is 0 Å². The van der Waals surface area contributed by atoms with E-state index in [2.05, 4.69) is 17.1 Å². The third kappa shape index (κ3) is 5.34. The number of nitrogens with two attached hydrogens (primary N) is 1. The molecular weight excluding hydrogens is 246 g/mol. The predicted octanol–water partition coefficient (Wildman–Crippen LogP) is 2.61. The zero-order valence-electron chi connectivity index (χ0n) is 13.4. The van der Waals surface area contributed by atoms with E-state index in [-0.39, 0.29) is 0 Å². The van der Waals surface area contributed by atoms with E-state index in [0.29, 0.717) is 6.04 Å². The van der Waals surface area contributed by atoms with Crippen LogP contribution in [0.15, 0.2) is 0 Å². The highest BCUT2D eigenvalue weighted by molar-refractivity contribution is 4.84. The summed E-state index contributed by atoms with van der Waals surface area (Å²) in [6.07, 6.45) is 11.3. The van der Waals surface area contributed by atoms with Gasteiger partial charge in [0.15, 0.2) is 0 Å². The van der Waals surface area contributed by atoms with Crippen molar-refractivity contribution in [1.29, 1.82) is 0 Å². The molecule has 3 nitrogen and oxygen atoms in total. The molecule has 0 spiro atoms. The van der Waals surface area contributed by atoms with Crippen LogP contribution >= 0.6 is 0 Å². The molecular formula is C17H35N3. The summed E-state index contributed by atoms with van der Waals surface area (Å²) in [7, 11) is 0. The highest BCUT2D eigenvalue weighted by Gasteiger charge is 2.27. The molecule has 1 saturated carbocycles. The lowest BCUT2D eigenvalue weighted by Gasteiger charge is -2.38. The van der Waals surface area contributed by atoms with Crippen LogP contribution in [0.5, 0.6) is 0 Å². The Morgan fingerprint density at radius 2 is 1.95 bits per heavy atom. The Bertz CT molecular complexity index is 251. The minimum Gasteiger partial charge on any atom is -0.329 e. The van der Waals surface area contributed by atoms with E-state index >= 15 is 0 Å². The lowest BCUT2D eigenvalue weighted by Crippen LogP contribution is -2.51. The fraction of sp³-hybridized carbons (Fsp3) is 1.00. The van der Waals surface area contributed by atoms with Crippen LogP contribution in [0.1, 0.15) is 58.3 Å². The largest absolute Gasteiger partial charge is 0.329 e. The second-order valence-electron chi connectivity index (χ2n) is 7.05. The monoisotopic (exact) mass is 281 g/mol. The molecule has 2 atom stereocenters. The molecule has 0 radical (unpaired) electrons. The standard InChI is InChI=1S/C17H35N3/c1-2-3-6-16-11-17(14-20(13-16)10-9-18)19-12-15-7-4-5-8-15/h15-17,19H,2-14,18H2,1H3. The fourth-order valence-electron chi connectivity index (χ4n) is 4.07. The molecule has 0 bridgehead atoms. The second-order valence-corrected chi connectivity index (χ2v) is 7.05. The van der Waals surface area contributed by atoms with Crippen LogP contribution in [0, 0.1) is 11.8 Å². The smallest absolute Gasteiger partial charge is 0.0198 e. The molecule has 1 aliphatic carbocycles. The van der Waals surface area contributed by atoms with Gasteiger partial charge in [0, 0.05) is 32.2 Å². The third-order valence-electron chi connectivity index (χ3n) is 5.19. The van der Waals surface area contributed by atoms with Crippen molar-refractivity contribution in [3.63, 3.8) is 0 Å². The summed E-state index contributed by atoms with van der Waals surface area (Å²) >= 11 is 0. The van der Waals surface area contributed by atoms with Gasteiger partial charge >= 0.3 is 0 Å². The van der Waals surface area contributed by atoms with Crippen LogP contribution in [0.25, 0.3) is 0 Å². The average Bonchev–Trinajstić information content (AvgIpc) is 2.96. The highest BCUT2D eigenvalue weighted by atomic mass is 15.2. The first-order chi connectivity index (χ1) is 9.81. The summed E-state index contributed by atoms with van der Waals surface area (Å²) < 4.78 is 0. The Morgan fingerprint density at radius 3 is 2.65 bits per heavy atom. The number of likely N-dealkylation sites (tertiary alicyclic amines) is 1. The van der Waals surface area contributed by atoms with Crippen LogP contribution in [0.2, 0.25) is 0 Å². The number of nitrogens with zero attached hydrogens (tertiary/aromatic N) is 1. The highest BCUT2D eigenvalue weighted by Crippen LogP contribution is 2.25.